The lowest BCUT2D eigenvalue weighted by molar-refractivity contribution is 0.322. The third kappa shape index (κ3) is 3.55. The highest BCUT2D eigenvalue weighted by molar-refractivity contribution is 5.00. The average Bonchev–Trinajstić information content (AvgIpc) is 2.69. The molecule has 1 saturated carbocycles. The van der Waals surface area contributed by atoms with Gasteiger partial charge in [0, 0.05) is 12.5 Å². The molecule has 0 spiro atoms. The molecule has 2 N–H and O–H groups in total. The zero-order valence-electron chi connectivity index (χ0n) is 11.6. The molecule has 102 valence electrons. The Morgan fingerprint density at radius 3 is 2.83 bits per heavy atom. The van der Waals surface area contributed by atoms with Crippen molar-refractivity contribution in [2.45, 2.75) is 70.8 Å². The van der Waals surface area contributed by atoms with Crippen LogP contribution >= 0.6 is 0 Å². The van der Waals surface area contributed by atoms with Crippen molar-refractivity contribution in [2.24, 2.45) is 11.7 Å². The quantitative estimate of drug-likeness (QED) is 0.835. The van der Waals surface area contributed by atoms with Crippen molar-refractivity contribution in [3.63, 3.8) is 0 Å². The number of hydrogen-bond acceptors (Lipinski definition) is 4. The first-order valence-electron chi connectivity index (χ1n) is 7.25. The van der Waals surface area contributed by atoms with Gasteiger partial charge in [0.2, 0.25) is 5.89 Å². The number of aromatic nitrogens is 2. The molecule has 2 rings (SSSR count). The molecule has 1 aliphatic rings. The second-order valence-electron chi connectivity index (χ2n) is 5.89. The van der Waals surface area contributed by atoms with Crippen molar-refractivity contribution in [1.82, 2.24) is 10.1 Å². The highest BCUT2D eigenvalue weighted by atomic mass is 16.5. The first-order chi connectivity index (χ1) is 8.66. The van der Waals surface area contributed by atoms with Crippen molar-refractivity contribution < 1.29 is 4.52 Å². The van der Waals surface area contributed by atoms with E-state index in [9.17, 15) is 0 Å². The van der Waals surface area contributed by atoms with Crippen LogP contribution in [0.25, 0.3) is 0 Å². The Kier molecular flexibility index (Phi) is 4.75. The van der Waals surface area contributed by atoms with Gasteiger partial charge in [-0.05, 0) is 25.2 Å². The predicted octanol–water partition coefficient (Wildman–Crippen LogP) is 3.03. The van der Waals surface area contributed by atoms with Crippen LogP contribution in [0.2, 0.25) is 0 Å². The van der Waals surface area contributed by atoms with Crippen LogP contribution in [-0.2, 0) is 6.42 Å². The Morgan fingerprint density at radius 2 is 2.06 bits per heavy atom. The van der Waals surface area contributed by atoms with Crippen molar-refractivity contribution >= 4 is 0 Å². The number of hydrogen-bond donors (Lipinski definition) is 1. The molecule has 1 aromatic rings. The van der Waals surface area contributed by atoms with E-state index in [0.717, 1.165) is 37.4 Å². The second-order valence-corrected chi connectivity index (χ2v) is 5.89. The summed E-state index contributed by atoms with van der Waals surface area (Å²) in [7, 11) is 0. The van der Waals surface area contributed by atoms with Crippen molar-refractivity contribution in [1.29, 1.82) is 0 Å². The van der Waals surface area contributed by atoms with Crippen LogP contribution in [-0.4, -0.2) is 16.2 Å². The SMILES string of the molecule is CC(C)CCc1noc(C2CCCCCC2N)n1. The minimum atomic E-state index is 0.186. The van der Waals surface area contributed by atoms with Gasteiger partial charge >= 0.3 is 0 Å². The molecule has 0 amide bonds. The topological polar surface area (TPSA) is 64.9 Å². The van der Waals surface area contributed by atoms with Crippen LogP contribution in [0.3, 0.4) is 0 Å². The maximum Gasteiger partial charge on any atom is 0.231 e. The van der Waals surface area contributed by atoms with Crippen LogP contribution in [0.1, 0.15) is 70.0 Å². The monoisotopic (exact) mass is 251 g/mol. The summed E-state index contributed by atoms with van der Waals surface area (Å²) in [6.45, 7) is 4.42. The van der Waals surface area contributed by atoms with Gasteiger partial charge in [0.25, 0.3) is 0 Å². The summed E-state index contributed by atoms with van der Waals surface area (Å²) >= 11 is 0. The van der Waals surface area contributed by atoms with E-state index in [2.05, 4.69) is 24.0 Å². The molecule has 18 heavy (non-hydrogen) atoms. The zero-order valence-corrected chi connectivity index (χ0v) is 11.6. The van der Waals surface area contributed by atoms with Crippen LogP contribution in [0.4, 0.5) is 0 Å². The van der Waals surface area contributed by atoms with E-state index in [1.54, 1.807) is 0 Å². The third-order valence-corrected chi connectivity index (χ3v) is 3.82. The van der Waals surface area contributed by atoms with E-state index < -0.39 is 0 Å². The molecule has 2 atom stereocenters. The Morgan fingerprint density at radius 1 is 1.28 bits per heavy atom. The van der Waals surface area contributed by atoms with Crippen molar-refractivity contribution in [3.05, 3.63) is 11.7 Å². The Labute approximate surface area is 109 Å². The molecule has 1 fully saturated rings. The molecule has 0 aromatic carbocycles. The lowest BCUT2D eigenvalue weighted by Crippen LogP contribution is -2.27. The second kappa shape index (κ2) is 6.32. The first kappa shape index (κ1) is 13.5. The van der Waals surface area contributed by atoms with Crippen LogP contribution in [0.15, 0.2) is 4.52 Å². The van der Waals surface area contributed by atoms with Gasteiger partial charge in [0.1, 0.15) is 0 Å². The summed E-state index contributed by atoms with van der Waals surface area (Å²) in [6, 6.07) is 0.186. The fraction of sp³-hybridized carbons (Fsp3) is 0.857. The highest BCUT2D eigenvalue weighted by Crippen LogP contribution is 2.30. The summed E-state index contributed by atoms with van der Waals surface area (Å²) in [6.07, 6.45) is 7.91. The predicted molar refractivity (Wildman–Crippen MR) is 71.3 cm³/mol. The fourth-order valence-corrected chi connectivity index (χ4v) is 2.58. The van der Waals surface area contributed by atoms with Crippen LogP contribution < -0.4 is 5.73 Å². The van der Waals surface area contributed by atoms with Gasteiger partial charge in [0.05, 0.1) is 5.92 Å². The summed E-state index contributed by atoms with van der Waals surface area (Å²) in [4.78, 5) is 4.54. The van der Waals surface area contributed by atoms with Gasteiger partial charge < -0.3 is 10.3 Å². The molecular weight excluding hydrogens is 226 g/mol. The highest BCUT2D eigenvalue weighted by Gasteiger charge is 2.27. The molecule has 2 unspecified atom stereocenters. The maximum atomic E-state index is 6.21. The number of rotatable bonds is 4. The van der Waals surface area contributed by atoms with Gasteiger partial charge in [-0.25, -0.2) is 0 Å². The molecule has 0 radical (unpaired) electrons. The Hall–Kier alpha value is -0.900. The molecule has 1 heterocycles. The smallest absolute Gasteiger partial charge is 0.231 e. The standard InChI is InChI=1S/C14H25N3O/c1-10(2)8-9-13-16-14(18-17-13)11-6-4-3-5-7-12(11)15/h10-12H,3-9,15H2,1-2H3. The molecule has 0 saturated heterocycles. The zero-order chi connectivity index (χ0) is 13.0. The van der Waals surface area contributed by atoms with E-state index in [0.29, 0.717) is 5.92 Å². The number of nitrogens with zero attached hydrogens (tertiary/aromatic N) is 2. The normalized spacial score (nSPS) is 25.3. The summed E-state index contributed by atoms with van der Waals surface area (Å²) in [5.41, 5.74) is 6.21. The van der Waals surface area contributed by atoms with E-state index in [4.69, 9.17) is 10.3 Å². The van der Waals surface area contributed by atoms with Gasteiger partial charge in [-0.3, -0.25) is 0 Å². The van der Waals surface area contributed by atoms with E-state index in [1.165, 1.54) is 19.3 Å². The minimum absolute atomic E-state index is 0.186. The largest absolute Gasteiger partial charge is 0.339 e. The van der Waals surface area contributed by atoms with Gasteiger partial charge in [-0.2, -0.15) is 4.98 Å². The Balaban J connectivity index is 1.99. The fourth-order valence-electron chi connectivity index (χ4n) is 2.58. The van der Waals surface area contributed by atoms with Crippen LogP contribution in [0, 0.1) is 5.92 Å². The first-order valence-corrected chi connectivity index (χ1v) is 7.25. The molecule has 0 bridgehead atoms. The van der Waals surface area contributed by atoms with Gasteiger partial charge in [-0.15, -0.1) is 0 Å². The van der Waals surface area contributed by atoms with Crippen molar-refractivity contribution in [3.8, 4) is 0 Å². The average molecular weight is 251 g/mol. The van der Waals surface area contributed by atoms with Gasteiger partial charge in [0.15, 0.2) is 5.82 Å². The van der Waals surface area contributed by atoms with E-state index in [-0.39, 0.29) is 12.0 Å². The summed E-state index contributed by atoms with van der Waals surface area (Å²) in [5, 5.41) is 4.09. The van der Waals surface area contributed by atoms with E-state index >= 15 is 0 Å². The molecular formula is C14H25N3O. The molecule has 1 aromatic heterocycles. The molecule has 4 heteroatoms. The number of aryl methyl sites for hydroxylation is 1. The Bertz CT molecular complexity index is 362. The summed E-state index contributed by atoms with van der Waals surface area (Å²) < 4.78 is 5.42. The third-order valence-electron chi connectivity index (χ3n) is 3.82. The maximum absolute atomic E-state index is 6.21. The minimum Gasteiger partial charge on any atom is -0.339 e. The molecule has 1 aliphatic carbocycles. The summed E-state index contributed by atoms with van der Waals surface area (Å²) in [5.74, 6) is 2.55. The molecule has 4 nitrogen and oxygen atoms in total. The van der Waals surface area contributed by atoms with Crippen molar-refractivity contribution in [2.75, 3.05) is 0 Å². The lowest BCUT2D eigenvalue weighted by atomic mass is 9.95. The lowest BCUT2D eigenvalue weighted by Gasteiger charge is -2.16. The van der Waals surface area contributed by atoms with E-state index in [1.807, 2.05) is 0 Å². The molecule has 0 aliphatic heterocycles. The van der Waals surface area contributed by atoms with Crippen LogP contribution in [0.5, 0.6) is 0 Å². The number of nitrogens with two attached hydrogens (primary N) is 1. The van der Waals surface area contributed by atoms with Gasteiger partial charge in [-0.1, -0.05) is 38.3 Å².